The van der Waals surface area contributed by atoms with E-state index in [2.05, 4.69) is 508 Å². The number of allylic oxidation sites excluding steroid dienone is 4. The predicted molar refractivity (Wildman–Crippen MR) is 577 cm³/mol. The molecule has 0 saturated carbocycles. The van der Waals surface area contributed by atoms with Crippen LogP contribution in [0, 0.1) is 10.8 Å². The number of hydrogen-bond donors (Lipinski definition) is 2. The van der Waals surface area contributed by atoms with Crippen LogP contribution in [0.5, 0.6) is 0 Å². The summed E-state index contributed by atoms with van der Waals surface area (Å²) in [5.41, 5.74) is 38.1. The Bertz CT molecular complexity index is 8880. The third-order valence-electron chi connectivity index (χ3n) is 28.1. The Morgan fingerprint density at radius 2 is 0.423 bits per heavy atom. The van der Waals surface area contributed by atoms with Gasteiger partial charge < -0.3 is 23.2 Å². The second-order valence-corrected chi connectivity index (χ2v) is 35.8. The van der Waals surface area contributed by atoms with Crippen LogP contribution < -0.4 is 4.90 Å². The molecule has 4 aromatic heterocycles. The topological polar surface area (TPSA) is 70.7 Å². The molecule has 137 heavy (non-hydrogen) atoms. The monoisotopic (exact) mass is 1740 g/mol. The molecule has 0 radical (unpaired) electrons. The quantitative estimate of drug-likeness (QED) is 0.0876. The standard InChI is InChI=1S/C130H85N7/c131-129-111(73-78-125(130(129)132)133(104-59-41-88(42-60-104)84-19-5-1-6-20-84)105-61-49-96(50-62-105)101-58-76-123-118(81-101)128-110-28-14-13-27-97(110)55-77-124(128)135(123)107-63-43-89(44-64-107)85-21-7-2-8-22-85)98-51-69-106(70-52-98)134-121-74-56-99(92-33-37-94(38-34-92)102-53-71-114-112-29-15-17-31-119(112)136(126(114)82-102)108-65-45-90(46-66-108)86-23-9-3-10-24-86)79-116(121)117-80-100(57-75-122(117)134)93-35-39-95(40-36-93)103-54-72-115-113-30-16-18-32-120(113)137(127(115)83-103)109-67-47-91(48-68-109)87-25-11-4-12-26-87/h1-83,131-132H. The van der Waals surface area contributed by atoms with Crippen molar-refractivity contribution in [2.45, 2.75) is 0 Å². The zero-order valence-corrected chi connectivity index (χ0v) is 74.7. The molecule has 640 valence electrons. The molecule has 0 aliphatic heterocycles. The van der Waals surface area contributed by atoms with Gasteiger partial charge in [-0.05, 0) is 268 Å². The van der Waals surface area contributed by atoms with Gasteiger partial charge in [0.25, 0.3) is 0 Å². The minimum atomic E-state index is 0.121. The van der Waals surface area contributed by atoms with E-state index in [1.54, 1.807) is 0 Å². The molecule has 7 nitrogen and oxygen atoms in total. The van der Waals surface area contributed by atoms with E-state index in [0.717, 1.165) is 150 Å². The summed E-state index contributed by atoms with van der Waals surface area (Å²) in [6, 6.07) is 178. The highest BCUT2D eigenvalue weighted by molar-refractivity contribution is 6.61. The van der Waals surface area contributed by atoms with Gasteiger partial charge in [0, 0.05) is 82.8 Å². The molecule has 0 unspecified atom stereocenters. The number of para-hydroxylation sites is 2. The van der Waals surface area contributed by atoms with Crippen molar-refractivity contribution in [3.05, 3.63) is 515 Å². The maximum absolute atomic E-state index is 10.1. The van der Waals surface area contributed by atoms with Gasteiger partial charge in [0.15, 0.2) is 0 Å². The van der Waals surface area contributed by atoms with Crippen LogP contribution in [0.1, 0.15) is 5.56 Å². The van der Waals surface area contributed by atoms with Crippen molar-refractivity contribution < 1.29 is 0 Å². The average molecular weight is 1750 g/mol. The van der Waals surface area contributed by atoms with Gasteiger partial charge in [-0.2, -0.15) is 0 Å². The molecule has 25 aromatic rings. The highest BCUT2D eigenvalue weighted by Crippen LogP contribution is 2.46. The fourth-order valence-electron chi connectivity index (χ4n) is 21.2. The first kappa shape index (κ1) is 79.6. The number of anilines is 2. The molecule has 0 amide bonds. The molecular weight excluding hydrogens is 1660 g/mol. The van der Waals surface area contributed by atoms with Crippen molar-refractivity contribution >= 4 is 126 Å². The van der Waals surface area contributed by atoms with Crippen molar-refractivity contribution in [3.8, 4) is 123 Å². The summed E-state index contributed by atoms with van der Waals surface area (Å²) in [7, 11) is 0. The SMILES string of the molecule is N=C1C(=N)C(N(c2ccc(-c3ccccc3)cc2)c2ccc(-c3ccc4c(c3)c3c5ccccc5ccc3n4-c3ccc(-c4ccccc4)cc3)cc2)=CC=C1c1ccc(-n2c3ccc(-c4ccc(-c5ccc6c7ccccc7n(-c7ccc(-c8ccccc8)cc7)c6c5)cc4)cc3c3cc(-c4ccc(-c5ccc6c7ccccc7n(-c7ccc(-c8ccccc8)cc7)c6c5)cc4)ccc32)cc1. The molecule has 4 heterocycles. The van der Waals surface area contributed by atoms with Gasteiger partial charge in [0.05, 0.1) is 55.5 Å². The van der Waals surface area contributed by atoms with Gasteiger partial charge >= 0.3 is 0 Å². The van der Waals surface area contributed by atoms with Crippen LogP contribution in [0.3, 0.4) is 0 Å². The van der Waals surface area contributed by atoms with Gasteiger partial charge in [-0.1, -0.05) is 352 Å². The molecule has 1 aliphatic carbocycles. The lowest BCUT2D eigenvalue weighted by molar-refractivity contribution is 1.18. The Hall–Kier alpha value is -18.3. The Balaban J connectivity index is 0.544. The molecule has 2 N–H and O–H groups in total. The van der Waals surface area contributed by atoms with E-state index in [9.17, 15) is 10.8 Å². The number of benzene rings is 21. The summed E-state index contributed by atoms with van der Waals surface area (Å²) >= 11 is 0. The smallest absolute Gasteiger partial charge is 0.104 e. The molecule has 0 fully saturated rings. The molecule has 0 spiro atoms. The van der Waals surface area contributed by atoms with Crippen LogP contribution in [-0.2, 0) is 0 Å². The lowest BCUT2D eigenvalue weighted by atomic mass is 9.91. The largest absolute Gasteiger partial charge is 0.309 e. The molecule has 26 rings (SSSR count). The average Bonchev–Trinajstić information content (AvgIpc) is 1.56. The van der Waals surface area contributed by atoms with Crippen molar-refractivity contribution in [1.29, 1.82) is 10.8 Å². The van der Waals surface area contributed by atoms with Crippen molar-refractivity contribution in [2.24, 2.45) is 0 Å². The summed E-state index contributed by atoms with van der Waals surface area (Å²) in [6.07, 6.45) is 4.05. The van der Waals surface area contributed by atoms with E-state index in [1.807, 2.05) is 18.2 Å². The summed E-state index contributed by atoms with van der Waals surface area (Å²) in [4.78, 5) is 2.13. The number of nitrogens with one attached hydrogen (secondary N) is 2. The number of hydrogen-bond acceptors (Lipinski definition) is 3. The summed E-state index contributed by atoms with van der Waals surface area (Å²) in [6.45, 7) is 0. The highest BCUT2D eigenvalue weighted by Gasteiger charge is 2.29. The molecule has 1 aliphatic rings. The van der Waals surface area contributed by atoms with Gasteiger partial charge in [0.2, 0.25) is 0 Å². The fraction of sp³-hybridized carbons (Fsp3) is 0. The van der Waals surface area contributed by atoms with Crippen molar-refractivity contribution in [2.75, 3.05) is 4.90 Å². The van der Waals surface area contributed by atoms with Crippen LogP contribution in [-0.4, -0.2) is 29.7 Å². The van der Waals surface area contributed by atoms with Crippen LogP contribution in [0.15, 0.2) is 509 Å². The van der Waals surface area contributed by atoms with Gasteiger partial charge in [-0.25, -0.2) is 0 Å². The van der Waals surface area contributed by atoms with E-state index in [-0.39, 0.29) is 11.4 Å². The second-order valence-electron chi connectivity index (χ2n) is 35.8. The molecule has 21 aromatic carbocycles. The van der Waals surface area contributed by atoms with Gasteiger partial charge in [-0.3, -0.25) is 10.8 Å². The van der Waals surface area contributed by atoms with Crippen molar-refractivity contribution in [3.63, 3.8) is 0 Å². The molecular formula is C130H85N7. The molecule has 7 heteroatoms. The van der Waals surface area contributed by atoms with Crippen LogP contribution in [0.4, 0.5) is 11.4 Å². The second kappa shape index (κ2) is 32.9. The predicted octanol–water partition coefficient (Wildman–Crippen LogP) is 34.4. The fourth-order valence-corrected chi connectivity index (χ4v) is 21.2. The Kier molecular flexibility index (Phi) is 19.1. The normalized spacial score (nSPS) is 12.4. The summed E-state index contributed by atoms with van der Waals surface area (Å²) < 4.78 is 9.60. The first-order valence-corrected chi connectivity index (χ1v) is 46.8. The zero-order valence-electron chi connectivity index (χ0n) is 74.7. The van der Waals surface area contributed by atoms with Crippen LogP contribution in [0.2, 0.25) is 0 Å². The summed E-state index contributed by atoms with van der Waals surface area (Å²) in [5.74, 6) is 0. The molecule has 0 atom stereocenters. The third-order valence-corrected chi connectivity index (χ3v) is 28.1. The lowest BCUT2D eigenvalue weighted by Gasteiger charge is -2.30. The Morgan fingerprint density at radius 3 is 0.825 bits per heavy atom. The van der Waals surface area contributed by atoms with Crippen LogP contribution >= 0.6 is 0 Å². The van der Waals surface area contributed by atoms with Crippen LogP contribution in [0.25, 0.3) is 226 Å². The number of aromatic nitrogens is 4. The van der Waals surface area contributed by atoms with E-state index >= 15 is 0 Å². The minimum Gasteiger partial charge on any atom is -0.309 e. The zero-order chi connectivity index (χ0) is 90.7. The van der Waals surface area contributed by atoms with E-state index < -0.39 is 0 Å². The van der Waals surface area contributed by atoms with Gasteiger partial charge in [0.1, 0.15) is 5.71 Å². The van der Waals surface area contributed by atoms with E-state index in [0.29, 0.717) is 11.3 Å². The third kappa shape index (κ3) is 13.8. The number of rotatable bonds is 17. The lowest BCUT2D eigenvalue weighted by Crippen LogP contribution is -2.29. The Morgan fingerprint density at radius 1 is 0.161 bits per heavy atom. The van der Waals surface area contributed by atoms with Gasteiger partial charge in [-0.15, -0.1) is 0 Å². The summed E-state index contributed by atoms with van der Waals surface area (Å²) in [5, 5.41) is 32.2. The highest BCUT2D eigenvalue weighted by atomic mass is 15.2. The molecule has 0 saturated heterocycles. The molecule has 0 bridgehead atoms. The first-order valence-electron chi connectivity index (χ1n) is 46.8. The minimum absolute atomic E-state index is 0.121. The van der Waals surface area contributed by atoms with Crippen molar-refractivity contribution in [1.82, 2.24) is 18.3 Å². The van der Waals surface area contributed by atoms with E-state index in [4.69, 9.17) is 0 Å². The van der Waals surface area contributed by atoms with E-state index in [1.165, 1.54) is 87.5 Å². The number of nitrogens with zero attached hydrogens (tertiary/aromatic N) is 5. The Labute approximate surface area is 792 Å². The maximum atomic E-state index is 10.1. The number of fused-ring (bicyclic) bond motifs is 14. The maximum Gasteiger partial charge on any atom is 0.104 e. The first-order chi connectivity index (χ1) is 67.7.